The Kier molecular flexibility index (Phi) is 4.03. The Morgan fingerprint density at radius 1 is 1.50 bits per heavy atom. The van der Waals surface area contributed by atoms with Crippen LogP contribution in [0.3, 0.4) is 0 Å². The summed E-state index contributed by atoms with van der Waals surface area (Å²) in [6.45, 7) is 2.13. The number of rotatable bonds is 3. The highest BCUT2D eigenvalue weighted by Crippen LogP contribution is 2.15. The summed E-state index contributed by atoms with van der Waals surface area (Å²) in [6, 6.07) is 8.91. The number of nitrogens with zero attached hydrogens (tertiary/aromatic N) is 2. The number of anilines is 1. The number of benzene rings is 1. The van der Waals surface area contributed by atoms with Gasteiger partial charge in [0, 0.05) is 25.2 Å². The minimum atomic E-state index is -0.194. The minimum absolute atomic E-state index is 0.0211. The lowest BCUT2D eigenvalue weighted by Gasteiger charge is -2.20. The summed E-state index contributed by atoms with van der Waals surface area (Å²) in [5, 5.41) is 8.66. The molecule has 4 nitrogen and oxygen atoms in total. The van der Waals surface area contributed by atoms with Gasteiger partial charge in [-0.1, -0.05) is 6.92 Å². The number of nitrogens with two attached hydrogens (primary N) is 1. The normalized spacial score (nSPS) is 11.6. The molecule has 84 valence electrons. The highest BCUT2D eigenvalue weighted by molar-refractivity contribution is 5.94. The zero-order valence-electron chi connectivity index (χ0n) is 9.47. The van der Waals surface area contributed by atoms with E-state index in [2.05, 4.69) is 0 Å². The number of carbonyl (C=O) groups is 1. The summed E-state index contributed by atoms with van der Waals surface area (Å²) in [5.74, 6) is -0.215. The minimum Gasteiger partial charge on any atom is -0.330 e. The molecule has 1 aromatic rings. The Labute approximate surface area is 95.3 Å². The average Bonchev–Trinajstić information content (AvgIpc) is 2.36. The van der Waals surface area contributed by atoms with Crippen molar-refractivity contribution in [3.05, 3.63) is 29.8 Å². The molecule has 0 aromatic heterocycles. The predicted octanol–water partition coefficient (Wildman–Crippen LogP) is 1.12. The van der Waals surface area contributed by atoms with E-state index < -0.39 is 0 Å². The summed E-state index contributed by atoms with van der Waals surface area (Å²) < 4.78 is 0. The second-order valence-corrected chi connectivity index (χ2v) is 3.69. The quantitative estimate of drug-likeness (QED) is 0.824. The molecule has 16 heavy (non-hydrogen) atoms. The molecule has 0 saturated heterocycles. The number of hydrogen-bond donors (Lipinski definition) is 1. The Morgan fingerprint density at radius 2 is 2.06 bits per heavy atom. The van der Waals surface area contributed by atoms with Crippen molar-refractivity contribution in [3.63, 3.8) is 0 Å². The van der Waals surface area contributed by atoms with Crippen molar-refractivity contribution in [2.75, 3.05) is 18.5 Å². The fraction of sp³-hybridized carbons (Fsp3) is 0.333. The number of amides is 1. The third kappa shape index (κ3) is 2.59. The highest BCUT2D eigenvalue weighted by atomic mass is 16.2. The maximum absolute atomic E-state index is 11.8. The summed E-state index contributed by atoms with van der Waals surface area (Å²) >= 11 is 0. The average molecular weight is 217 g/mol. The predicted molar refractivity (Wildman–Crippen MR) is 62.8 cm³/mol. The van der Waals surface area contributed by atoms with E-state index >= 15 is 0 Å². The van der Waals surface area contributed by atoms with Crippen molar-refractivity contribution in [2.45, 2.75) is 6.92 Å². The summed E-state index contributed by atoms with van der Waals surface area (Å²) in [6.07, 6.45) is 0. The third-order valence-electron chi connectivity index (χ3n) is 2.49. The molecule has 0 saturated carbocycles. The Balaban J connectivity index is 2.84. The molecule has 4 heteroatoms. The largest absolute Gasteiger partial charge is 0.330 e. The van der Waals surface area contributed by atoms with E-state index in [-0.39, 0.29) is 11.8 Å². The molecule has 0 aliphatic rings. The van der Waals surface area contributed by atoms with Crippen molar-refractivity contribution >= 4 is 11.6 Å². The molecule has 0 heterocycles. The lowest BCUT2D eigenvalue weighted by atomic mass is 10.1. The molecule has 1 unspecified atom stereocenters. The number of hydrogen-bond acceptors (Lipinski definition) is 3. The van der Waals surface area contributed by atoms with Crippen LogP contribution in [0.4, 0.5) is 5.69 Å². The van der Waals surface area contributed by atoms with E-state index in [4.69, 9.17) is 11.0 Å². The zero-order chi connectivity index (χ0) is 12.1. The van der Waals surface area contributed by atoms with Gasteiger partial charge in [-0.15, -0.1) is 0 Å². The first kappa shape index (κ1) is 12.2. The fourth-order valence-electron chi connectivity index (χ4n) is 1.32. The van der Waals surface area contributed by atoms with Crippen LogP contribution in [0.25, 0.3) is 0 Å². The maximum Gasteiger partial charge on any atom is 0.230 e. The molecule has 0 aliphatic heterocycles. The van der Waals surface area contributed by atoms with Gasteiger partial charge in [0.05, 0.1) is 11.6 Å². The van der Waals surface area contributed by atoms with Crippen LogP contribution in [0.5, 0.6) is 0 Å². The molecule has 2 N–H and O–H groups in total. The fourth-order valence-corrected chi connectivity index (χ4v) is 1.32. The van der Waals surface area contributed by atoms with E-state index in [0.29, 0.717) is 12.1 Å². The molecule has 0 aliphatic carbocycles. The Morgan fingerprint density at radius 3 is 2.50 bits per heavy atom. The first-order chi connectivity index (χ1) is 7.60. The van der Waals surface area contributed by atoms with E-state index in [1.54, 1.807) is 43.1 Å². The Hall–Kier alpha value is -1.86. The molecular formula is C12H15N3O. The second kappa shape index (κ2) is 5.29. The zero-order valence-corrected chi connectivity index (χ0v) is 9.47. The molecule has 0 radical (unpaired) electrons. The van der Waals surface area contributed by atoms with Gasteiger partial charge in [-0.25, -0.2) is 0 Å². The van der Waals surface area contributed by atoms with Gasteiger partial charge in [0.25, 0.3) is 0 Å². The van der Waals surface area contributed by atoms with Gasteiger partial charge in [-0.2, -0.15) is 5.26 Å². The summed E-state index contributed by atoms with van der Waals surface area (Å²) in [5.41, 5.74) is 6.79. The van der Waals surface area contributed by atoms with E-state index in [0.717, 1.165) is 5.69 Å². The SMILES string of the molecule is CC(CN)C(=O)N(C)c1ccc(C#N)cc1. The number of nitriles is 1. The molecule has 1 rings (SSSR count). The van der Waals surface area contributed by atoms with Crippen LogP contribution < -0.4 is 10.6 Å². The second-order valence-electron chi connectivity index (χ2n) is 3.69. The van der Waals surface area contributed by atoms with Crippen LogP contribution in [0.2, 0.25) is 0 Å². The highest BCUT2D eigenvalue weighted by Gasteiger charge is 2.16. The Bertz CT molecular complexity index is 405. The molecule has 0 fully saturated rings. The summed E-state index contributed by atoms with van der Waals surface area (Å²) in [7, 11) is 1.70. The van der Waals surface area contributed by atoms with Crippen LogP contribution in [-0.2, 0) is 4.79 Å². The van der Waals surface area contributed by atoms with E-state index in [9.17, 15) is 4.79 Å². The van der Waals surface area contributed by atoms with Crippen LogP contribution in [0.15, 0.2) is 24.3 Å². The van der Waals surface area contributed by atoms with Crippen molar-refractivity contribution in [1.29, 1.82) is 5.26 Å². The first-order valence-electron chi connectivity index (χ1n) is 5.08. The van der Waals surface area contributed by atoms with Crippen molar-refractivity contribution in [3.8, 4) is 6.07 Å². The molecular weight excluding hydrogens is 202 g/mol. The standard InChI is InChI=1S/C12H15N3O/c1-9(7-13)12(16)15(2)11-5-3-10(8-14)4-6-11/h3-6,9H,7,13H2,1-2H3. The monoisotopic (exact) mass is 217 g/mol. The van der Waals surface area contributed by atoms with Gasteiger partial charge in [0.1, 0.15) is 0 Å². The smallest absolute Gasteiger partial charge is 0.230 e. The van der Waals surface area contributed by atoms with Crippen LogP contribution >= 0.6 is 0 Å². The van der Waals surface area contributed by atoms with Gasteiger partial charge >= 0.3 is 0 Å². The van der Waals surface area contributed by atoms with Crippen molar-refractivity contribution in [2.24, 2.45) is 11.7 Å². The number of carbonyl (C=O) groups excluding carboxylic acids is 1. The lowest BCUT2D eigenvalue weighted by Crippen LogP contribution is -2.35. The van der Waals surface area contributed by atoms with E-state index in [1.165, 1.54) is 0 Å². The molecule has 0 bridgehead atoms. The molecule has 1 amide bonds. The molecule has 1 aromatic carbocycles. The van der Waals surface area contributed by atoms with Gasteiger partial charge in [-0.3, -0.25) is 4.79 Å². The van der Waals surface area contributed by atoms with Gasteiger partial charge in [0.2, 0.25) is 5.91 Å². The molecule has 1 atom stereocenters. The van der Waals surface area contributed by atoms with Crippen LogP contribution in [-0.4, -0.2) is 19.5 Å². The topological polar surface area (TPSA) is 70.1 Å². The third-order valence-corrected chi connectivity index (χ3v) is 2.49. The summed E-state index contributed by atoms with van der Waals surface area (Å²) in [4.78, 5) is 13.4. The van der Waals surface area contributed by atoms with Crippen molar-refractivity contribution < 1.29 is 4.79 Å². The van der Waals surface area contributed by atoms with Gasteiger partial charge in [0.15, 0.2) is 0 Å². The van der Waals surface area contributed by atoms with Crippen molar-refractivity contribution in [1.82, 2.24) is 0 Å². The van der Waals surface area contributed by atoms with Crippen LogP contribution in [0, 0.1) is 17.2 Å². The maximum atomic E-state index is 11.8. The first-order valence-corrected chi connectivity index (χ1v) is 5.08. The van der Waals surface area contributed by atoms with E-state index in [1.807, 2.05) is 6.07 Å². The van der Waals surface area contributed by atoms with Crippen LogP contribution in [0.1, 0.15) is 12.5 Å². The molecule has 0 spiro atoms. The lowest BCUT2D eigenvalue weighted by molar-refractivity contribution is -0.121. The van der Waals surface area contributed by atoms with Gasteiger partial charge < -0.3 is 10.6 Å². The van der Waals surface area contributed by atoms with Gasteiger partial charge in [-0.05, 0) is 24.3 Å².